The highest BCUT2D eigenvalue weighted by molar-refractivity contribution is 9.10. The number of hydrogen-bond acceptors (Lipinski definition) is 5. The Morgan fingerprint density at radius 3 is 2.58 bits per heavy atom. The Hall–Kier alpha value is -3.95. The number of rotatable bonds is 4. The highest BCUT2D eigenvalue weighted by Crippen LogP contribution is 2.54. The molecule has 190 valence electrons. The van der Waals surface area contributed by atoms with Gasteiger partial charge in [-0.1, -0.05) is 34.1 Å². The Bertz CT molecular complexity index is 1650. The lowest BCUT2D eigenvalue weighted by Gasteiger charge is -2.29. The highest BCUT2D eigenvalue weighted by atomic mass is 79.9. The Morgan fingerprint density at radius 2 is 1.79 bits per heavy atom. The molecule has 0 aliphatic carbocycles. The minimum Gasteiger partial charge on any atom is -0.497 e. The zero-order valence-corrected chi connectivity index (χ0v) is 21.9. The van der Waals surface area contributed by atoms with Crippen LogP contribution in [0.25, 0.3) is 10.9 Å². The molecule has 3 aromatic carbocycles. The molecule has 0 saturated carbocycles. The molecule has 2 fully saturated rings. The molecule has 1 aromatic heterocycles. The standard InChI is InChI=1S/C29H23BrN4O4/c1-38-18-9-7-17(8-10-18)34-26(35)24-23(12-15-14-31-21-5-3-2-4-19(15)21)33-29(25(24)27(34)36)20-13-16(30)6-11-22(20)32-28(29)37/h2-11,13-14,23-25,31,33H,12H2,1H3,(H,32,37)/t23-,24-,25+,29+/m1/s1. The average molecular weight is 571 g/mol. The highest BCUT2D eigenvalue weighted by Gasteiger charge is 2.70. The number of carbonyl (C=O) groups excluding carboxylic acids is 3. The van der Waals surface area contributed by atoms with E-state index >= 15 is 0 Å². The average Bonchev–Trinajstić information content (AvgIpc) is 3.63. The van der Waals surface area contributed by atoms with Crippen molar-refractivity contribution >= 4 is 55.9 Å². The molecule has 7 rings (SSSR count). The van der Waals surface area contributed by atoms with Crippen LogP contribution < -0.4 is 20.3 Å². The first kappa shape index (κ1) is 23.2. The van der Waals surface area contributed by atoms with Gasteiger partial charge in [-0.15, -0.1) is 0 Å². The van der Waals surface area contributed by atoms with Crippen LogP contribution in [0, 0.1) is 11.8 Å². The van der Waals surface area contributed by atoms with E-state index in [0.29, 0.717) is 29.1 Å². The third kappa shape index (κ3) is 3.09. The van der Waals surface area contributed by atoms with Gasteiger partial charge in [-0.05, 0) is 60.5 Å². The number of imide groups is 1. The van der Waals surface area contributed by atoms with Crippen LogP contribution in [0.1, 0.15) is 11.1 Å². The monoisotopic (exact) mass is 570 g/mol. The molecule has 2 saturated heterocycles. The van der Waals surface area contributed by atoms with E-state index in [0.717, 1.165) is 20.9 Å². The van der Waals surface area contributed by atoms with Crippen molar-refractivity contribution in [3.8, 4) is 5.75 Å². The van der Waals surface area contributed by atoms with Gasteiger partial charge in [0, 0.05) is 38.9 Å². The van der Waals surface area contributed by atoms with E-state index in [4.69, 9.17) is 4.74 Å². The fourth-order valence-corrected chi connectivity index (χ4v) is 6.83. The number of nitrogens with zero attached hydrogens (tertiary/aromatic N) is 1. The molecule has 0 unspecified atom stereocenters. The van der Waals surface area contributed by atoms with E-state index in [1.165, 1.54) is 4.90 Å². The van der Waals surface area contributed by atoms with E-state index in [9.17, 15) is 14.4 Å². The summed E-state index contributed by atoms with van der Waals surface area (Å²) in [6.07, 6.45) is 2.41. The summed E-state index contributed by atoms with van der Waals surface area (Å²) in [6, 6.07) is 19.9. The van der Waals surface area contributed by atoms with Crippen LogP contribution >= 0.6 is 15.9 Å². The molecule has 9 heteroatoms. The molecule has 0 bridgehead atoms. The molecule has 4 heterocycles. The van der Waals surface area contributed by atoms with Gasteiger partial charge >= 0.3 is 0 Å². The summed E-state index contributed by atoms with van der Waals surface area (Å²) >= 11 is 3.52. The predicted octanol–water partition coefficient (Wildman–Crippen LogP) is 4.11. The number of hydrogen-bond donors (Lipinski definition) is 3. The van der Waals surface area contributed by atoms with Crippen LogP contribution in [-0.4, -0.2) is 35.9 Å². The van der Waals surface area contributed by atoms with Crippen molar-refractivity contribution in [2.24, 2.45) is 11.8 Å². The molecule has 4 atom stereocenters. The van der Waals surface area contributed by atoms with Gasteiger partial charge in [-0.25, -0.2) is 4.90 Å². The maximum atomic E-state index is 14.2. The molecule has 8 nitrogen and oxygen atoms in total. The Labute approximate surface area is 226 Å². The van der Waals surface area contributed by atoms with Gasteiger partial charge in [0.2, 0.25) is 17.7 Å². The van der Waals surface area contributed by atoms with Crippen LogP contribution in [0.2, 0.25) is 0 Å². The fraction of sp³-hybridized carbons (Fsp3) is 0.207. The number of fused-ring (bicyclic) bond motifs is 5. The van der Waals surface area contributed by atoms with Crippen LogP contribution in [0.5, 0.6) is 5.75 Å². The lowest BCUT2D eigenvalue weighted by atomic mass is 9.76. The van der Waals surface area contributed by atoms with Crippen molar-refractivity contribution in [3.63, 3.8) is 0 Å². The van der Waals surface area contributed by atoms with Crippen molar-refractivity contribution in [3.05, 3.63) is 88.5 Å². The number of aromatic nitrogens is 1. The molecule has 0 radical (unpaired) electrons. The maximum Gasteiger partial charge on any atom is 0.250 e. The first-order chi connectivity index (χ1) is 18.4. The molecule has 3 amide bonds. The van der Waals surface area contributed by atoms with Crippen LogP contribution in [0.3, 0.4) is 0 Å². The second kappa shape index (κ2) is 8.28. The van der Waals surface area contributed by atoms with E-state index in [1.54, 1.807) is 31.4 Å². The van der Waals surface area contributed by atoms with Gasteiger partial charge in [0.15, 0.2) is 0 Å². The second-order valence-corrected chi connectivity index (χ2v) is 10.9. The molecule has 3 aliphatic heterocycles. The summed E-state index contributed by atoms with van der Waals surface area (Å²) in [5.74, 6) is -2.02. The van der Waals surface area contributed by atoms with Crippen LogP contribution in [0.4, 0.5) is 11.4 Å². The number of carbonyl (C=O) groups is 3. The Balaban J connectivity index is 1.37. The largest absolute Gasteiger partial charge is 0.497 e. The molecular formula is C29H23BrN4O4. The van der Waals surface area contributed by atoms with Crippen molar-refractivity contribution < 1.29 is 19.1 Å². The maximum absolute atomic E-state index is 14.2. The van der Waals surface area contributed by atoms with Gasteiger partial charge in [0.05, 0.1) is 24.6 Å². The number of anilines is 2. The Morgan fingerprint density at radius 1 is 1.00 bits per heavy atom. The van der Waals surface area contributed by atoms with E-state index in [-0.39, 0.29) is 17.7 Å². The number of nitrogens with one attached hydrogen (secondary N) is 3. The molecule has 1 spiro atoms. The van der Waals surface area contributed by atoms with Crippen molar-refractivity contribution in [1.82, 2.24) is 10.3 Å². The summed E-state index contributed by atoms with van der Waals surface area (Å²) in [7, 11) is 1.56. The normalized spacial score (nSPS) is 25.8. The van der Waals surface area contributed by atoms with Crippen molar-refractivity contribution in [1.29, 1.82) is 0 Å². The topological polar surface area (TPSA) is 104 Å². The van der Waals surface area contributed by atoms with E-state index in [2.05, 4.69) is 31.5 Å². The third-order valence-electron chi connectivity index (χ3n) is 8.12. The first-order valence-corrected chi connectivity index (χ1v) is 13.2. The zero-order chi connectivity index (χ0) is 26.2. The second-order valence-electron chi connectivity index (χ2n) is 9.98. The lowest BCUT2D eigenvalue weighted by Crippen LogP contribution is -2.53. The molecule has 3 aliphatic rings. The quantitative estimate of drug-likeness (QED) is 0.320. The summed E-state index contributed by atoms with van der Waals surface area (Å²) in [6.45, 7) is 0. The summed E-state index contributed by atoms with van der Waals surface area (Å²) in [4.78, 5) is 46.5. The number of H-pyrrole nitrogens is 1. The minimum absolute atomic E-state index is 0.310. The van der Waals surface area contributed by atoms with Crippen molar-refractivity contribution in [2.45, 2.75) is 18.0 Å². The Kier molecular flexibility index (Phi) is 5.05. The molecule has 38 heavy (non-hydrogen) atoms. The minimum atomic E-state index is -1.37. The first-order valence-electron chi connectivity index (χ1n) is 12.4. The number of methoxy groups -OCH3 is 1. The lowest BCUT2D eigenvalue weighted by molar-refractivity contribution is -0.130. The van der Waals surface area contributed by atoms with Crippen molar-refractivity contribution in [2.75, 3.05) is 17.3 Å². The number of amides is 3. The van der Waals surface area contributed by atoms with Gasteiger partial charge in [-0.3, -0.25) is 19.7 Å². The molecule has 3 N–H and O–H groups in total. The number of benzene rings is 3. The zero-order valence-electron chi connectivity index (χ0n) is 20.3. The summed E-state index contributed by atoms with van der Waals surface area (Å²) < 4.78 is 6.04. The SMILES string of the molecule is COc1ccc(N2C(=O)[C@H]3[C@@H](C2=O)[C@]2(N[C@@H]3Cc3c[nH]c4ccccc34)C(=O)Nc3ccc(Br)cc32)cc1. The number of para-hydroxylation sites is 1. The van der Waals surface area contributed by atoms with Crippen LogP contribution in [0.15, 0.2) is 77.4 Å². The third-order valence-corrected chi connectivity index (χ3v) is 8.62. The van der Waals surface area contributed by atoms with Crippen LogP contribution in [-0.2, 0) is 26.3 Å². The van der Waals surface area contributed by atoms with E-state index in [1.807, 2.05) is 48.7 Å². The fourth-order valence-electron chi connectivity index (χ4n) is 6.47. The number of ether oxygens (including phenoxy) is 1. The van der Waals surface area contributed by atoms with Gasteiger partial charge in [0.1, 0.15) is 11.3 Å². The number of halogens is 1. The van der Waals surface area contributed by atoms with Gasteiger partial charge in [-0.2, -0.15) is 0 Å². The molecular weight excluding hydrogens is 548 g/mol. The number of aromatic amines is 1. The summed E-state index contributed by atoms with van der Waals surface area (Å²) in [5, 5.41) is 7.53. The smallest absolute Gasteiger partial charge is 0.250 e. The van der Waals surface area contributed by atoms with Gasteiger partial charge < -0.3 is 15.0 Å². The summed E-state index contributed by atoms with van der Waals surface area (Å²) in [5.41, 5.74) is 2.42. The molecule has 4 aromatic rings. The van der Waals surface area contributed by atoms with E-state index < -0.39 is 23.4 Å². The van der Waals surface area contributed by atoms with Gasteiger partial charge in [0.25, 0.3) is 0 Å². The predicted molar refractivity (Wildman–Crippen MR) is 146 cm³/mol.